The second-order valence-electron chi connectivity index (χ2n) is 7.93. The van der Waals surface area contributed by atoms with Crippen molar-refractivity contribution in [1.29, 1.82) is 0 Å². The molecular formula is C23H31ClN2O4S. The van der Waals surface area contributed by atoms with Gasteiger partial charge in [-0.15, -0.1) is 0 Å². The van der Waals surface area contributed by atoms with Crippen LogP contribution in [0.15, 0.2) is 48.5 Å². The number of carbonyl (C=O) groups is 1. The Morgan fingerprint density at radius 2 is 1.81 bits per heavy atom. The zero-order chi connectivity index (χ0) is 23.2. The zero-order valence-corrected chi connectivity index (χ0v) is 20.2. The lowest BCUT2D eigenvalue weighted by Crippen LogP contribution is -2.50. The number of hydrogen-bond acceptors (Lipinski definition) is 4. The number of amides is 1. The number of sulfonamides is 1. The Kier molecular flexibility index (Phi) is 8.77. The first-order valence-corrected chi connectivity index (χ1v) is 12.5. The third-order valence-electron chi connectivity index (χ3n) is 4.93. The van der Waals surface area contributed by atoms with E-state index in [1.165, 1.54) is 0 Å². The number of nitrogens with one attached hydrogen (secondary N) is 1. The highest BCUT2D eigenvalue weighted by Crippen LogP contribution is 2.27. The average molecular weight is 467 g/mol. The Bertz CT molecular complexity index is 977. The van der Waals surface area contributed by atoms with Crippen molar-refractivity contribution in [2.45, 2.75) is 45.7 Å². The van der Waals surface area contributed by atoms with Crippen LogP contribution in [-0.2, 0) is 14.8 Å². The third kappa shape index (κ3) is 6.87. The molecule has 1 amide bonds. The summed E-state index contributed by atoms with van der Waals surface area (Å²) in [5, 5.41) is 3.47. The molecule has 0 saturated heterocycles. The topological polar surface area (TPSA) is 75.7 Å². The molecule has 0 saturated carbocycles. The predicted molar refractivity (Wildman–Crippen MR) is 126 cm³/mol. The van der Waals surface area contributed by atoms with Crippen molar-refractivity contribution in [2.75, 3.05) is 17.7 Å². The molecule has 0 aliphatic rings. The molecule has 0 radical (unpaired) electrons. The molecule has 2 aromatic carbocycles. The highest BCUT2D eigenvalue weighted by Gasteiger charge is 2.33. The van der Waals surface area contributed by atoms with Crippen molar-refractivity contribution >= 4 is 33.2 Å². The highest BCUT2D eigenvalue weighted by atomic mass is 35.5. The Morgan fingerprint density at radius 1 is 1.16 bits per heavy atom. The molecule has 0 bridgehead atoms. The van der Waals surface area contributed by atoms with E-state index in [-0.39, 0.29) is 11.9 Å². The Morgan fingerprint density at radius 3 is 2.29 bits per heavy atom. The molecule has 0 aliphatic carbocycles. The van der Waals surface area contributed by atoms with Gasteiger partial charge in [-0.05, 0) is 54.7 Å². The molecule has 0 heterocycles. The minimum absolute atomic E-state index is 0.256. The smallest absolute Gasteiger partial charge is 0.244 e. The van der Waals surface area contributed by atoms with E-state index in [9.17, 15) is 13.2 Å². The maximum atomic E-state index is 13.3. The summed E-state index contributed by atoms with van der Waals surface area (Å²) in [7, 11) is -2.13. The molecule has 0 unspecified atom stereocenters. The van der Waals surface area contributed by atoms with E-state index >= 15 is 0 Å². The molecule has 8 heteroatoms. The second kappa shape index (κ2) is 10.9. The number of hydrogen-bond donors (Lipinski definition) is 1. The molecule has 0 spiro atoms. The Labute approximate surface area is 190 Å². The van der Waals surface area contributed by atoms with Crippen molar-refractivity contribution in [3.8, 4) is 5.75 Å². The fraction of sp³-hybridized carbons (Fsp3) is 0.435. The van der Waals surface area contributed by atoms with E-state index < -0.39 is 16.1 Å². The lowest BCUT2D eigenvalue weighted by Gasteiger charge is -2.32. The molecular weight excluding hydrogens is 436 g/mol. The minimum Gasteiger partial charge on any atom is -0.497 e. The van der Waals surface area contributed by atoms with Crippen molar-refractivity contribution < 1.29 is 17.9 Å². The van der Waals surface area contributed by atoms with Crippen LogP contribution in [0.4, 0.5) is 5.69 Å². The average Bonchev–Trinajstić information content (AvgIpc) is 2.70. The fourth-order valence-corrected chi connectivity index (χ4v) is 4.92. The van der Waals surface area contributed by atoms with Gasteiger partial charge in [-0.25, -0.2) is 8.42 Å². The van der Waals surface area contributed by atoms with Crippen molar-refractivity contribution in [3.05, 3.63) is 59.1 Å². The molecule has 1 N–H and O–H groups in total. The first kappa shape index (κ1) is 25.0. The lowest BCUT2D eigenvalue weighted by molar-refractivity contribution is -0.123. The van der Waals surface area contributed by atoms with Crippen LogP contribution in [0.3, 0.4) is 0 Å². The van der Waals surface area contributed by atoms with Crippen molar-refractivity contribution in [2.24, 2.45) is 5.92 Å². The van der Waals surface area contributed by atoms with Gasteiger partial charge in [0.2, 0.25) is 15.9 Å². The first-order valence-electron chi connectivity index (χ1n) is 10.3. The van der Waals surface area contributed by atoms with Gasteiger partial charge in [-0.2, -0.15) is 0 Å². The van der Waals surface area contributed by atoms with Crippen molar-refractivity contribution in [3.63, 3.8) is 0 Å². The fourth-order valence-electron chi connectivity index (χ4n) is 3.53. The van der Waals surface area contributed by atoms with Gasteiger partial charge in [0.1, 0.15) is 11.8 Å². The van der Waals surface area contributed by atoms with Crippen LogP contribution in [0, 0.1) is 5.92 Å². The summed E-state index contributed by atoms with van der Waals surface area (Å²) in [6.07, 6.45) is 2.12. The zero-order valence-electron chi connectivity index (χ0n) is 18.6. The van der Waals surface area contributed by atoms with E-state index in [1.807, 2.05) is 24.3 Å². The predicted octanol–water partition coefficient (Wildman–Crippen LogP) is 4.80. The summed E-state index contributed by atoms with van der Waals surface area (Å²) in [5.41, 5.74) is 1.30. The molecule has 2 atom stereocenters. The normalized spacial score (nSPS) is 13.5. The van der Waals surface area contributed by atoms with Crippen LogP contribution >= 0.6 is 11.6 Å². The van der Waals surface area contributed by atoms with Crippen LogP contribution in [-0.4, -0.2) is 33.7 Å². The van der Waals surface area contributed by atoms with Gasteiger partial charge in [-0.1, -0.05) is 50.6 Å². The van der Waals surface area contributed by atoms with Crippen LogP contribution in [0.1, 0.15) is 45.2 Å². The molecule has 0 aromatic heterocycles. The van der Waals surface area contributed by atoms with E-state index in [1.54, 1.807) is 38.3 Å². The maximum absolute atomic E-state index is 13.3. The number of benzene rings is 2. The summed E-state index contributed by atoms with van der Waals surface area (Å²) < 4.78 is 31.7. The Balaban J connectivity index is 2.37. The maximum Gasteiger partial charge on any atom is 0.244 e. The van der Waals surface area contributed by atoms with Gasteiger partial charge >= 0.3 is 0 Å². The molecule has 0 aliphatic heterocycles. The van der Waals surface area contributed by atoms with E-state index in [4.69, 9.17) is 16.3 Å². The quantitative estimate of drug-likeness (QED) is 0.545. The number of rotatable bonds is 10. The SMILES string of the molecule is CC[C@H](C(=O)N[C@@H](CC(C)C)c1ccc(OC)cc1)N(c1cccc(Cl)c1)S(C)(=O)=O. The number of carbonyl (C=O) groups excluding carboxylic acids is 1. The van der Waals surface area contributed by atoms with Crippen LogP contribution in [0.5, 0.6) is 5.75 Å². The van der Waals surface area contributed by atoms with Gasteiger partial charge in [0.25, 0.3) is 0 Å². The van der Waals surface area contributed by atoms with Crippen LogP contribution in [0.2, 0.25) is 5.02 Å². The number of ether oxygens (including phenoxy) is 1. The summed E-state index contributed by atoms with van der Waals surface area (Å²) in [6.45, 7) is 5.95. The summed E-state index contributed by atoms with van der Waals surface area (Å²) >= 11 is 6.08. The minimum atomic E-state index is -3.73. The second-order valence-corrected chi connectivity index (χ2v) is 10.2. The molecule has 170 valence electrons. The standard InChI is InChI=1S/C23H31ClN2O4S/c1-6-22(26(31(5,28)29)19-9-7-8-18(24)15-19)23(27)25-21(14-16(2)3)17-10-12-20(30-4)13-11-17/h7-13,15-16,21-22H,6,14H2,1-5H3,(H,25,27)/t21-,22+/m0/s1. The van der Waals surface area contributed by atoms with Gasteiger partial charge < -0.3 is 10.1 Å². The molecule has 0 fully saturated rings. The summed E-state index contributed by atoms with van der Waals surface area (Å²) in [4.78, 5) is 13.3. The number of halogens is 1. The van der Waals surface area contributed by atoms with Crippen molar-refractivity contribution in [1.82, 2.24) is 5.32 Å². The van der Waals surface area contributed by atoms with Gasteiger partial charge in [0.15, 0.2) is 0 Å². The highest BCUT2D eigenvalue weighted by molar-refractivity contribution is 7.92. The first-order chi connectivity index (χ1) is 14.6. The monoisotopic (exact) mass is 466 g/mol. The van der Waals surface area contributed by atoms with E-state index in [0.717, 1.165) is 21.9 Å². The Hall–Kier alpha value is -2.25. The van der Waals surface area contributed by atoms with Crippen LogP contribution in [0.25, 0.3) is 0 Å². The molecule has 6 nitrogen and oxygen atoms in total. The third-order valence-corrected chi connectivity index (χ3v) is 6.35. The molecule has 31 heavy (non-hydrogen) atoms. The molecule has 2 rings (SSSR count). The largest absolute Gasteiger partial charge is 0.497 e. The van der Waals surface area contributed by atoms with E-state index in [2.05, 4.69) is 19.2 Å². The van der Waals surface area contributed by atoms with Crippen LogP contribution < -0.4 is 14.4 Å². The van der Waals surface area contributed by atoms with Gasteiger partial charge in [-0.3, -0.25) is 9.10 Å². The number of nitrogens with zero attached hydrogens (tertiary/aromatic N) is 1. The van der Waals surface area contributed by atoms with Gasteiger partial charge in [0.05, 0.1) is 25.1 Å². The number of methoxy groups -OCH3 is 1. The number of anilines is 1. The van der Waals surface area contributed by atoms with Gasteiger partial charge in [0, 0.05) is 5.02 Å². The van der Waals surface area contributed by atoms with E-state index in [0.29, 0.717) is 29.5 Å². The summed E-state index contributed by atoms with van der Waals surface area (Å²) in [6, 6.07) is 12.9. The summed E-state index contributed by atoms with van der Waals surface area (Å²) in [5.74, 6) is 0.704. The lowest BCUT2D eigenvalue weighted by atomic mass is 9.96. The molecule has 2 aromatic rings.